The molecule has 122 valence electrons. The van der Waals surface area contributed by atoms with E-state index in [1.807, 2.05) is 0 Å². The second-order valence-electron chi connectivity index (χ2n) is 4.43. The Morgan fingerprint density at radius 3 is 2.88 bits per heavy atom. The van der Waals surface area contributed by atoms with E-state index in [4.69, 9.17) is 15.9 Å². The minimum absolute atomic E-state index is 0.0863. The number of terminal acetylenes is 1. The summed E-state index contributed by atoms with van der Waals surface area (Å²) in [6.45, 7) is 0.150. The number of rotatable bonds is 7. The lowest BCUT2D eigenvalue weighted by Crippen LogP contribution is -1.98. The highest BCUT2D eigenvalue weighted by molar-refractivity contribution is 5.81. The summed E-state index contributed by atoms with van der Waals surface area (Å²) in [5, 5.41) is 14.6. The number of aromatic nitrogens is 1. The predicted octanol–water partition coefficient (Wildman–Crippen LogP) is 2.46. The highest BCUT2D eigenvalue weighted by atomic mass is 16.6. The van der Waals surface area contributed by atoms with E-state index in [0.29, 0.717) is 17.3 Å². The average Bonchev–Trinajstić information content (AvgIpc) is 2.60. The number of pyridine rings is 1. The summed E-state index contributed by atoms with van der Waals surface area (Å²) in [5.74, 6) is 3.84. The molecule has 1 heterocycles. The van der Waals surface area contributed by atoms with Gasteiger partial charge in [0, 0.05) is 6.07 Å². The first kappa shape index (κ1) is 16.8. The molecule has 0 spiro atoms. The zero-order chi connectivity index (χ0) is 17.4. The maximum atomic E-state index is 10.5. The van der Waals surface area contributed by atoms with Gasteiger partial charge in [-0.2, -0.15) is 5.10 Å². The van der Waals surface area contributed by atoms with Crippen molar-refractivity contribution in [1.29, 1.82) is 0 Å². The van der Waals surface area contributed by atoms with E-state index in [-0.39, 0.29) is 12.3 Å². The number of methoxy groups -OCH3 is 1. The number of hydrazone groups is 1. The summed E-state index contributed by atoms with van der Waals surface area (Å²) in [5.41, 5.74) is 3.36. The Bertz CT molecular complexity index is 782. The Hall–Kier alpha value is -3.60. The van der Waals surface area contributed by atoms with Crippen molar-refractivity contribution < 1.29 is 14.4 Å². The number of nitrogens with zero attached hydrogens (tertiary/aromatic N) is 3. The molecule has 0 amide bonds. The lowest BCUT2D eigenvalue weighted by molar-refractivity contribution is -0.385. The molecule has 0 radical (unpaired) electrons. The summed E-state index contributed by atoms with van der Waals surface area (Å²) in [6, 6.07) is 8.04. The Balaban J connectivity index is 2.03. The number of anilines is 1. The van der Waals surface area contributed by atoms with Crippen molar-refractivity contribution in [2.45, 2.75) is 0 Å². The van der Waals surface area contributed by atoms with Crippen molar-refractivity contribution in [3.8, 4) is 23.8 Å². The first-order chi connectivity index (χ1) is 11.6. The van der Waals surface area contributed by atoms with Crippen molar-refractivity contribution in [3.63, 3.8) is 0 Å². The van der Waals surface area contributed by atoms with Crippen LogP contribution in [-0.4, -0.2) is 29.8 Å². The van der Waals surface area contributed by atoms with E-state index in [1.54, 1.807) is 24.4 Å². The second-order valence-corrected chi connectivity index (χ2v) is 4.43. The van der Waals surface area contributed by atoms with Gasteiger partial charge in [0.2, 0.25) is 0 Å². The molecule has 0 unspecified atom stereocenters. The van der Waals surface area contributed by atoms with Crippen molar-refractivity contribution in [2.24, 2.45) is 5.10 Å². The molecule has 0 aliphatic carbocycles. The highest BCUT2D eigenvalue weighted by Crippen LogP contribution is 2.27. The van der Waals surface area contributed by atoms with Crippen LogP contribution in [0.5, 0.6) is 11.5 Å². The Morgan fingerprint density at radius 1 is 1.42 bits per heavy atom. The molecule has 0 bridgehead atoms. The quantitative estimate of drug-likeness (QED) is 0.363. The molecule has 24 heavy (non-hydrogen) atoms. The molecular formula is C16H14N4O4. The first-order valence-electron chi connectivity index (χ1n) is 6.78. The van der Waals surface area contributed by atoms with Gasteiger partial charge in [-0.1, -0.05) is 5.92 Å². The topological polar surface area (TPSA) is 98.9 Å². The lowest BCUT2D eigenvalue weighted by atomic mass is 10.2. The summed E-state index contributed by atoms with van der Waals surface area (Å²) >= 11 is 0. The van der Waals surface area contributed by atoms with Crippen molar-refractivity contribution in [1.82, 2.24) is 4.98 Å². The fourth-order valence-corrected chi connectivity index (χ4v) is 1.74. The van der Waals surface area contributed by atoms with Crippen molar-refractivity contribution >= 4 is 17.7 Å². The van der Waals surface area contributed by atoms with Crippen LogP contribution in [0.25, 0.3) is 0 Å². The van der Waals surface area contributed by atoms with Gasteiger partial charge in [0.1, 0.15) is 18.6 Å². The minimum atomic E-state index is -0.518. The van der Waals surface area contributed by atoms with Crippen LogP contribution in [-0.2, 0) is 0 Å². The number of ether oxygens (including phenoxy) is 2. The molecule has 0 aliphatic rings. The predicted molar refractivity (Wildman–Crippen MR) is 89.4 cm³/mol. The number of nitrogens with one attached hydrogen (secondary N) is 1. The third-order valence-electron chi connectivity index (χ3n) is 2.85. The van der Waals surface area contributed by atoms with Gasteiger partial charge in [-0.15, -0.1) is 6.42 Å². The molecule has 2 rings (SSSR count). The van der Waals surface area contributed by atoms with Crippen LogP contribution >= 0.6 is 0 Å². The summed E-state index contributed by atoms with van der Waals surface area (Å²) in [6.07, 6.45) is 7.86. The van der Waals surface area contributed by atoms with E-state index in [2.05, 4.69) is 21.4 Å². The molecule has 2 aromatic rings. The number of benzene rings is 1. The van der Waals surface area contributed by atoms with E-state index >= 15 is 0 Å². The van der Waals surface area contributed by atoms with Gasteiger partial charge in [-0.3, -0.25) is 15.5 Å². The molecule has 1 aromatic heterocycles. The van der Waals surface area contributed by atoms with Gasteiger partial charge in [-0.05, 0) is 29.8 Å². The van der Waals surface area contributed by atoms with E-state index < -0.39 is 4.92 Å². The van der Waals surface area contributed by atoms with E-state index in [0.717, 1.165) is 11.8 Å². The SMILES string of the molecule is C#CCOc1ccc(/C=N/Nc2ccc([N+](=O)[O-])cn2)cc1OC. The third kappa shape index (κ3) is 4.45. The molecule has 1 N–H and O–H groups in total. The fourth-order valence-electron chi connectivity index (χ4n) is 1.74. The average molecular weight is 326 g/mol. The van der Waals surface area contributed by atoms with Gasteiger partial charge < -0.3 is 9.47 Å². The first-order valence-corrected chi connectivity index (χ1v) is 6.78. The molecule has 8 heteroatoms. The van der Waals surface area contributed by atoms with Gasteiger partial charge in [0.05, 0.1) is 18.2 Å². The Labute approximate surface area is 138 Å². The van der Waals surface area contributed by atoms with Crippen LogP contribution in [0, 0.1) is 22.5 Å². The van der Waals surface area contributed by atoms with Gasteiger partial charge in [-0.25, -0.2) is 4.98 Å². The number of hydrogen-bond acceptors (Lipinski definition) is 7. The van der Waals surface area contributed by atoms with Crippen molar-refractivity contribution in [2.75, 3.05) is 19.1 Å². The van der Waals surface area contributed by atoms with Crippen LogP contribution in [0.15, 0.2) is 41.6 Å². The van der Waals surface area contributed by atoms with Crippen LogP contribution in [0.1, 0.15) is 5.56 Å². The van der Waals surface area contributed by atoms with Gasteiger partial charge in [0.15, 0.2) is 11.5 Å². The molecular weight excluding hydrogens is 312 g/mol. The third-order valence-corrected chi connectivity index (χ3v) is 2.85. The lowest BCUT2D eigenvalue weighted by Gasteiger charge is -2.09. The maximum absolute atomic E-state index is 10.5. The van der Waals surface area contributed by atoms with E-state index in [9.17, 15) is 10.1 Å². The zero-order valence-electron chi connectivity index (χ0n) is 12.8. The molecule has 0 fully saturated rings. The summed E-state index contributed by atoms with van der Waals surface area (Å²) in [7, 11) is 1.53. The normalized spacial score (nSPS) is 10.2. The van der Waals surface area contributed by atoms with Crippen LogP contribution in [0.3, 0.4) is 0 Å². The largest absolute Gasteiger partial charge is 0.493 e. The Morgan fingerprint density at radius 2 is 2.25 bits per heavy atom. The summed E-state index contributed by atoms with van der Waals surface area (Å²) in [4.78, 5) is 13.9. The molecule has 0 atom stereocenters. The molecule has 8 nitrogen and oxygen atoms in total. The monoisotopic (exact) mass is 326 g/mol. The van der Waals surface area contributed by atoms with Crippen LogP contribution in [0.4, 0.5) is 11.5 Å². The van der Waals surface area contributed by atoms with Gasteiger partial charge in [0.25, 0.3) is 5.69 Å². The fraction of sp³-hybridized carbons (Fsp3) is 0.125. The van der Waals surface area contributed by atoms with E-state index in [1.165, 1.54) is 19.2 Å². The minimum Gasteiger partial charge on any atom is -0.493 e. The van der Waals surface area contributed by atoms with Crippen LogP contribution < -0.4 is 14.9 Å². The maximum Gasteiger partial charge on any atom is 0.287 e. The second kappa shape index (κ2) is 8.14. The number of hydrogen-bond donors (Lipinski definition) is 1. The van der Waals surface area contributed by atoms with Crippen LogP contribution in [0.2, 0.25) is 0 Å². The molecule has 1 aromatic carbocycles. The zero-order valence-corrected chi connectivity index (χ0v) is 12.8. The molecule has 0 saturated heterocycles. The summed E-state index contributed by atoms with van der Waals surface area (Å²) < 4.78 is 10.6. The number of nitro groups is 1. The smallest absolute Gasteiger partial charge is 0.287 e. The standard InChI is InChI=1S/C16H14N4O4/c1-3-8-24-14-6-4-12(9-15(14)23-2)10-18-19-16-7-5-13(11-17-16)20(21)22/h1,4-7,9-11H,8H2,2H3,(H,17,19)/b18-10+. The molecule has 0 saturated carbocycles. The molecule has 0 aliphatic heterocycles. The van der Waals surface area contributed by atoms with Crippen molar-refractivity contribution in [3.05, 3.63) is 52.2 Å². The highest BCUT2D eigenvalue weighted by Gasteiger charge is 2.05. The Kier molecular flexibility index (Phi) is 5.69. The van der Waals surface area contributed by atoms with Gasteiger partial charge >= 0.3 is 0 Å².